The van der Waals surface area contributed by atoms with Gasteiger partial charge in [0.2, 0.25) is 6.10 Å². The van der Waals surface area contributed by atoms with Crippen LogP contribution in [0.2, 0.25) is 0 Å². The van der Waals surface area contributed by atoms with E-state index in [1.165, 1.54) is 0 Å². The summed E-state index contributed by atoms with van der Waals surface area (Å²) < 4.78 is 5.57. The molecule has 4 nitrogen and oxygen atoms in total. The number of carbonyl (C=O) groups is 2. The molecule has 1 aliphatic heterocycles. The van der Waals surface area contributed by atoms with Crippen LogP contribution in [0.3, 0.4) is 0 Å². The number of hydrogen-bond acceptors (Lipinski definition) is 3. The average Bonchev–Trinajstić information content (AvgIpc) is 2.49. The Bertz CT molecular complexity index is 506. The Hall–Kier alpha value is -2.28. The van der Waals surface area contributed by atoms with Gasteiger partial charge in [-0.15, -0.1) is 12.3 Å². The molecular weight excluding hydrogens is 254 g/mol. The van der Waals surface area contributed by atoms with Crippen LogP contribution in [0.1, 0.15) is 19.3 Å². The van der Waals surface area contributed by atoms with Crippen LogP contribution in [0.5, 0.6) is 5.75 Å². The molecule has 0 unspecified atom stereocenters. The number of likely N-dealkylation sites (tertiary alicyclic amines) is 1. The lowest BCUT2D eigenvalue weighted by Crippen LogP contribution is -2.67. The molecular formula is C16H17NO3. The molecule has 4 heteroatoms. The SMILES string of the molecule is C#CCCCCN1C(=O)[C@H](Oc2ccccc2)[C@@H]1C=O. The topological polar surface area (TPSA) is 46.6 Å². The highest BCUT2D eigenvalue weighted by Crippen LogP contribution is 2.24. The smallest absolute Gasteiger partial charge is 0.267 e. The van der Waals surface area contributed by atoms with Gasteiger partial charge in [-0.1, -0.05) is 18.2 Å². The van der Waals surface area contributed by atoms with E-state index in [4.69, 9.17) is 11.2 Å². The summed E-state index contributed by atoms with van der Waals surface area (Å²) in [6.45, 7) is 0.554. The summed E-state index contributed by atoms with van der Waals surface area (Å²) in [5.74, 6) is 3.03. The van der Waals surface area contributed by atoms with Gasteiger partial charge in [-0.25, -0.2) is 0 Å². The first-order valence-corrected chi connectivity index (χ1v) is 6.69. The summed E-state index contributed by atoms with van der Waals surface area (Å²) in [4.78, 5) is 24.7. The maximum Gasteiger partial charge on any atom is 0.267 e. The number of hydrogen-bond donors (Lipinski definition) is 0. The predicted octanol–water partition coefficient (Wildman–Crippen LogP) is 1.65. The van der Waals surface area contributed by atoms with Crippen molar-refractivity contribution in [1.82, 2.24) is 4.90 Å². The number of rotatable bonds is 7. The third kappa shape index (κ3) is 3.00. The van der Waals surface area contributed by atoms with Gasteiger partial charge in [0.25, 0.3) is 5.91 Å². The van der Waals surface area contributed by atoms with E-state index in [1.807, 2.05) is 18.2 Å². The molecule has 2 rings (SSSR count). The highest BCUT2D eigenvalue weighted by Gasteiger charge is 2.48. The summed E-state index contributed by atoms with van der Waals surface area (Å²) in [5.41, 5.74) is 0. The number of para-hydroxylation sites is 1. The molecule has 0 bridgehead atoms. The van der Waals surface area contributed by atoms with Crippen LogP contribution in [0.25, 0.3) is 0 Å². The zero-order chi connectivity index (χ0) is 14.4. The monoisotopic (exact) mass is 271 g/mol. The quantitative estimate of drug-likeness (QED) is 0.328. The van der Waals surface area contributed by atoms with Gasteiger partial charge in [0.15, 0.2) is 0 Å². The Labute approximate surface area is 118 Å². The molecule has 1 fully saturated rings. The number of benzene rings is 1. The van der Waals surface area contributed by atoms with Gasteiger partial charge in [-0.3, -0.25) is 4.79 Å². The first-order valence-electron chi connectivity index (χ1n) is 6.69. The van der Waals surface area contributed by atoms with Crippen molar-refractivity contribution in [1.29, 1.82) is 0 Å². The maximum absolute atomic E-state index is 12.0. The van der Waals surface area contributed by atoms with E-state index >= 15 is 0 Å². The molecule has 0 N–H and O–H groups in total. The minimum absolute atomic E-state index is 0.133. The molecule has 0 radical (unpaired) electrons. The van der Waals surface area contributed by atoms with Crippen molar-refractivity contribution in [3.8, 4) is 18.1 Å². The molecule has 1 amide bonds. The summed E-state index contributed by atoms with van der Waals surface area (Å²) in [7, 11) is 0. The fourth-order valence-electron chi connectivity index (χ4n) is 2.22. The van der Waals surface area contributed by atoms with Crippen molar-refractivity contribution >= 4 is 12.2 Å². The van der Waals surface area contributed by atoms with Crippen LogP contribution in [-0.2, 0) is 9.59 Å². The molecule has 2 atom stereocenters. The van der Waals surface area contributed by atoms with Gasteiger partial charge >= 0.3 is 0 Å². The molecule has 104 valence electrons. The normalized spacial score (nSPS) is 20.9. The lowest BCUT2D eigenvalue weighted by molar-refractivity contribution is -0.165. The van der Waals surface area contributed by atoms with Gasteiger partial charge in [-0.2, -0.15) is 0 Å². The molecule has 1 saturated heterocycles. The van der Waals surface area contributed by atoms with Crippen LogP contribution < -0.4 is 4.74 Å². The van der Waals surface area contributed by atoms with E-state index in [-0.39, 0.29) is 5.91 Å². The second kappa shape index (κ2) is 6.76. The molecule has 1 aromatic carbocycles. The minimum atomic E-state index is -0.692. The summed E-state index contributed by atoms with van der Waals surface area (Å²) in [6.07, 6.45) is 7.61. The van der Waals surface area contributed by atoms with E-state index in [9.17, 15) is 9.59 Å². The first kappa shape index (κ1) is 14.1. The first-order chi connectivity index (χ1) is 9.77. The molecule has 0 aliphatic carbocycles. The van der Waals surface area contributed by atoms with Crippen molar-refractivity contribution in [2.75, 3.05) is 6.54 Å². The minimum Gasteiger partial charge on any atom is -0.478 e. The Kier molecular flexibility index (Phi) is 4.78. The molecule has 0 saturated carbocycles. The number of unbranched alkanes of at least 4 members (excludes halogenated alkanes) is 2. The van der Waals surface area contributed by atoms with Crippen molar-refractivity contribution in [3.05, 3.63) is 30.3 Å². The van der Waals surface area contributed by atoms with Crippen molar-refractivity contribution in [2.45, 2.75) is 31.4 Å². The van der Waals surface area contributed by atoms with E-state index < -0.39 is 12.1 Å². The highest BCUT2D eigenvalue weighted by molar-refractivity contribution is 5.95. The molecule has 0 spiro atoms. The largest absolute Gasteiger partial charge is 0.478 e. The van der Waals surface area contributed by atoms with Crippen LogP contribution in [0, 0.1) is 12.3 Å². The fraction of sp³-hybridized carbons (Fsp3) is 0.375. The lowest BCUT2D eigenvalue weighted by Gasteiger charge is -2.43. The Morgan fingerprint density at radius 3 is 2.70 bits per heavy atom. The standard InChI is InChI=1S/C16H17NO3/c1-2-3-4-8-11-17-14(12-18)15(16(17)19)20-13-9-6-5-7-10-13/h1,5-7,9-10,12,14-15H,3-4,8,11H2/t14-,15+/m0/s1. The van der Waals surface area contributed by atoms with Crippen LogP contribution in [0.15, 0.2) is 30.3 Å². The average molecular weight is 271 g/mol. The number of nitrogens with zero attached hydrogens (tertiary/aromatic N) is 1. The van der Waals surface area contributed by atoms with Gasteiger partial charge in [-0.05, 0) is 25.0 Å². The van der Waals surface area contributed by atoms with Gasteiger partial charge in [0, 0.05) is 13.0 Å². The van der Waals surface area contributed by atoms with Crippen molar-refractivity contribution in [2.24, 2.45) is 0 Å². The number of aldehydes is 1. The van der Waals surface area contributed by atoms with E-state index in [0.29, 0.717) is 18.7 Å². The van der Waals surface area contributed by atoms with Crippen molar-refractivity contribution < 1.29 is 14.3 Å². The summed E-state index contributed by atoms with van der Waals surface area (Å²) >= 11 is 0. The van der Waals surface area contributed by atoms with Crippen LogP contribution in [-0.4, -0.2) is 35.8 Å². The summed E-state index contributed by atoms with van der Waals surface area (Å²) in [5, 5.41) is 0. The highest BCUT2D eigenvalue weighted by atomic mass is 16.5. The van der Waals surface area contributed by atoms with Gasteiger partial charge < -0.3 is 14.4 Å². The summed E-state index contributed by atoms with van der Waals surface area (Å²) in [6, 6.07) is 8.56. The molecule has 1 aliphatic rings. The Morgan fingerprint density at radius 1 is 1.30 bits per heavy atom. The molecule has 1 heterocycles. The number of ether oxygens (including phenoxy) is 1. The Balaban J connectivity index is 1.88. The number of β-lactam (4-membered cyclic amide) rings is 1. The predicted molar refractivity (Wildman–Crippen MR) is 75.1 cm³/mol. The van der Waals surface area contributed by atoms with Crippen LogP contribution >= 0.6 is 0 Å². The molecule has 1 aromatic rings. The Morgan fingerprint density at radius 2 is 2.05 bits per heavy atom. The van der Waals surface area contributed by atoms with E-state index in [1.54, 1.807) is 17.0 Å². The van der Waals surface area contributed by atoms with Gasteiger partial charge in [0.1, 0.15) is 18.1 Å². The molecule has 0 aromatic heterocycles. The number of amides is 1. The number of carbonyl (C=O) groups excluding carboxylic acids is 2. The van der Waals surface area contributed by atoms with E-state index in [2.05, 4.69) is 5.92 Å². The zero-order valence-corrected chi connectivity index (χ0v) is 11.2. The number of terminal acetylenes is 1. The van der Waals surface area contributed by atoms with Crippen LogP contribution in [0.4, 0.5) is 0 Å². The third-order valence-corrected chi connectivity index (χ3v) is 3.31. The maximum atomic E-state index is 12.0. The second-order valence-electron chi connectivity index (χ2n) is 4.67. The molecule has 20 heavy (non-hydrogen) atoms. The third-order valence-electron chi connectivity index (χ3n) is 3.31. The fourth-order valence-corrected chi connectivity index (χ4v) is 2.22. The lowest BCUT2D eigenvalue weighted by atomic mass is 9.98. The van der Waals surface area contributed by atoms with Gasteiger partial charge in [0.05, 0.1) is 0 Å². The van der Waals surface area contributed by atoms with E-state index in [0.717, 1.165) is 19.1 Å². The van der Waals surface area contributed by atoms with Crippen molar-refractivity contribution in [3.63, 3.8) is 0 Å². The second-order valence-corrected chi connectivity index (χ2v) is 4.67. The zero-order valence-electron chi connectivity index (χ0n) is 11.2.